The van der Waals surface area contributed by atoms with E-state index in [0.29, 0.717) is 10.6 Å². The predicted molar refractivity (Wildman–Crippen MR) is 107 cm³/mol. The number of hydrogen-bond donors (Lipinski definition) is 1. The summed E-state index contributed by atoms with van der Waals surface area (Å²) < 4.78 is 0. The van der Waals surface area contributed by atoms with Crippen molar-refractivity contribution >= 4 is 34.7 Å². The van der Waals surface area contributed by atoms with Crippen molar-refractivity contribution in [2.45, 2.75) is 51.0 Å². The van der Waals surface area contributed by atoms with E-state index in [2.05, 4.69) is 20.2 Å². The number of carbonyl (C=O) groups is 2. The Morgan fingerprint density at radius 2 is 2.04 bits per heavy atom. The lowest BCUT2D eigenvalue weighted by Crippen LogP contribution is -2.42. The van der Waals surface area contributed by atoms with Gasteiger partial charge >= 0.3 is 0 Å². The Morgan fingerprint density at radius 3 is 2.70 bits per heavy atom. The molecule has 1 aromatic heterocycles. The zero-order valence-corrected chi connectivity index (χ0v) is 16.3. The van der Waals surface area contributed by atoms with Crippen LogP contribution in [0.25, 0.3) is 6.08 Å². The van der Waals surface area contributed by atoms with Crippen molar-refractivity contribution in [1.29, 1.82) is 0 Å². The van der Waals surface area contributed by atoms with Crippen molar-refractivity contribution in [2.24, 2.45) is 5.92 Å². The summed E-state index contributed by atoms with van der Waals surface area (Å²) in [6.45, 7) is 3.17. The normalized spacial score (nSPS) is 25.3. The van der Waals surface area contributed by atoms with Gasteiger partial charge in [-0.15, -0.1) is 0 Å². The fourth-order valence-corrected chi connectivity index (χ4v) is 4.76. The van der Waals surface area contributed by atoms with E-state index in [1.165, 1.54) is 45.1 Å². The van der Waals surface area contributed by atoms with Crippen molar-refractivity contribution in [3.8, 4) is 0 Å². The first-order chi connectivity index (χ1) is 13.2. The zero-order chi connectivity index (χ0) is 18.6. The lowest BCUT2D eigenvalue weighted by atomic mass is 9.89. The van der Waals surface area contributed by atoms with E-state index in [-0.39, 0.29) is 17.3 Å². The highest BCUT2D eigenvalue weighted by molar-refractivity contribution is 8.18. The predicted octanol–water partition coefficient (Wildman–Crippen LogP) is 2.80. The van der Waals surface area contributed by atoms with Crippen LogP contribution in [0.4, 0.5) is 5.95 Å². The molecule has 0 spiro atoms. The third kappa shape index (κ3) is 4.76. The van der Waals surface area contributed by atoms with Crippen LogP contribution in [0.5, 0.6) is 0 Å². The number of rotatable bonds is 6. The molecule has 27 heavy (non-hydrogen) atoms. The summed E-state index contributed by atoms with van der Waals surface area (Å²) in [4.78, 5) is 34.9. The Labute approximate surface area is 164 Å². The van der Waals surface area contributed by atoms with Gasteiger partial charge in [-0.05, 0) is 62.1 Å². The second-order valence-corrected chi connectivity index (χ2v) is 8.76. The molecule has 7 heteroatoms. The molecule has 0 radical (unpaired) electrons. The fourth-order valence-electron chi connectivity index (χ4n) is 3.94. The number of allylic oxidation sites excluding steroid dienone is 1. The molecule has 1 N–H and O–H groups in total. The Bertz CT molecular complexity index is 739. The Kier molecular flexibility index (Phi) is 5.88. The van der Waals surface area contributed by atoms with Crippen LogP contribution < -0.4 is 10.2 Å². The third-order valence-electron chi connectivity index (χ3n) is 5.74. The summed E-state index contributed by atoms with van der Waals surface area (Å²) in [5, 5.41) is 3.39. The first-order valence-corrected chi connectivity index (χ1v) is 10.8. The minimum Gasteiger partial charge on any atom is -0.341 e. The van der Waals surface area contributed by atoms with Crippen LogP contribution in [-0.4, -0.2) is 46.5 Å². The van der Waals surface area contributed by atoms with Crippen molar-refractivity contribution < 1.29 is 9.59 Å². The maximum absolute atomic E-state index is 11.8. The van der Waals surface area contributed by atoms with Gasteiger partial charge in [0, 0.05) is 25.3 Å². The maximum Gasteiger partial charge on any atom is 0.225 e. The molecule has 0 saturated carbocycles. The Balaban J connectivity index is 1.30. The number of carbonyl (C=O) groups excluding carboxylic acids is 2. The molecule has 3 aliphatic heterocycles. The Hall–Kier alpha value is -1.73. The summed E-state index contributed by atoms with van der Waals surface area (Å²) in [5.74, 6) is 1.43. The monoisotopic (exact) mass is 386 g/mol. The van der Waals surface area contributed by atoms with Gasteiger partial charge in [0.1, 0.15) is 0 Å². The number of piperidine rings is 1. The van der Waals surface area contributed by atoms with Crippen LogP contribution in [-0.2, 0) is 9.59 Å². The summed E-state index contributed by atoms with van der Waals surface area (Å²) >= 11 is 1.02. The van der Waals surface area contributed by atoms with Crippen LogP contribution in [0, 0.1) is 5.92 Å². The molecule has 3 saturated heterocycles. The summed E-state index contributed by atoms with van der Waals surface area (Å²) in [6.07, 6.45) is 11.1. The van der Waals surface area contributed by atoms with Crippen molar-refractivity contribution in [3.05, 3.63) is 22.9 Å². The highest BCUT2D eigenvalue weighted by Crippen LogP contribution is 2.31. The number of thioether (sulfide) groups is 1. The van der Waals surface area contributed by atoms with Crippen LogP contribution in [0.3, 0.4) is 0 Å². The van der Waals surface area contributed by atoms with Crippen LogP contribution in [0.2, 0.25) is 0 Å². The van der Waals surface area contributed by atoms with Gasteiger partial charge in [-0.3, -0.25) is 9.59 Å². The molecule has 144 valence electrons. The van der Waals surface area contributed by atoms with Crippen molar-refractivity contribution in [2.75, 3.05) is 24.5 Å². The third-order valence-corrected chi connectivity index (χ3v) is 6.67. The molecule has 1 unspecified atom stereocenters. The number of nitrogens with one attached hydrogen (secondary N) is 1. The summed E-state index contributed by atoms with van der Waals surface area (Å²) in [6, 6.07) is 2.56. The number of nitrogens with zero attached hydrogens (tertiary/aromatic N) is 3. The largest absolute Gasteiger partial charge is 0.341 e. The van der Waals surface area contributed by atoms with Crippen LogP contribution in [0.1, 0.15) is 50.6 Å². The van der Waals surface area contributed by atoms with E-state index in [9.17, 15) is 9.59 Å². The van der Waals surface area contributed by atoms with Crippen molar-refractivity contribution in [1.82, 2.24) is 15.3 Å². The molecular formula is C20H26N4O2S. The number of Topliss-reactive ketones (excluding diaryl/α,β-unsaturated/α-hetero) is 1. The van der Waals surface area contributed by atoms with Gasteiger partial charge in [0.15, 0.2) is 5.78 Å². The van der Waals surface area contributed by atoms with Gasteiger partial charge in [0.05, 0.1) is 17.0 Å². The lowest BCUT2D eigenvalue weighted by molar-refractivity contribution is -0.119. The van der Waals surface area contributed by atoms with E-state index >= 15 is 0 Å². The number of anilines is 1. The molecule has 0 aromatic carbocycles. The Morgan fingerprint density at radius 1 is 1.22 bits per heavy atom. The van der Waals surface area contributed by atoms with E-state index < -0.39 is 0 Å². The lowest BCUT2D eigenvalue weighted by Gasteiger charge is -2.33. The first kappa shape index (κ1) is 18.6. The van der Waals surface area contributed by atoms with E-state index in [1.54, 1.807) is 18.3 Å². The van der Waals surface area contributed by atoms with Gasteiger partial charge in [-0.25, -0.2) is 9.97 Å². The second-order valence-electron chi connectivity index (χ2n) is 7.67. The maximum atomic E-state index is 11.8. The fraction of sp³-hybridized carbons (Fsp3) is 0.600. The highest BCUT2D eigenvalue weighted by Gasteiger charge is 2.26. The van der Waals surface area contributed by atoms with Crippen LogP contribution >= 0.6 is 11.8 Å². The molecule has 4 rings (SSSR count). The SMILES string of the molecule is O=C1CC(=O)/C(=C/c2ccnc(N3CCC(CCCC4CCN4)CC3)n2)S1. The number of ketones is 1. The van der Waals surface area contributed by atoms with E-state index in [0.717, 1.165) is 42.8 Å². The molecular weight excluding hydrogens is 360 g/mol. The standard InChI is InChI=1S/C20H26N4O2S/c25-17-13-19(26)27-18(17)12-16-5-9-22-20(23-16)24-10-6-14(7-11-24)2-1-3-15-4-8-21-15/h5,9,12,14-15,21H,1-4,6-8,10-11,13H2/b18-12-. The van der Waals surface area contributed by atoms with Gasteiger partial charge in [0.25, 0.3) is 0 Å². The molecule has 3 fully saturated rings. The van der Waals surface area contributed by atoms with Gasteiger partial charge in [0.2, 0.25) is 11.1 Å². The molecule has 6 nitrogen and oxygen atoms in total. The molecule has 4 heterocycles. The topological polar surface area (TPSA) is 75.2 Å². The van der Waals surface area contributed by atoms with E-state index in [1.807, 2.05) is 0 Å². The number of aromatic nitrogens is 2. The minimum atomic E-state index is -0.108. The highest BCUT2D eigenvalue weighted by atomic mass is 32.2. The molecule has 1 atom stereocenters. The molecule has 0 bridgehead atoms. The first-order valence-electron chi connectivity index (χ1n) is 9.94. The van der Waals surface area contributed by atoms with Crippen LogP contribution in [0.15, 0.2) is 17.2 Å². The molecule has 0 amide bonds. The minimum absolute atomic E-state index is 0.00123. The molecule has 0 aliphatic carbocycles. The van der Waals surface area contributed by atoms with Gasteiger partial charge in [-0.2, -0.15) is 0 Å². The van der Waals surface area contributed by atoms with Gasteiger partial charge < -0.3 is 10.2 Å². The molecule has 3 aliphatic rings. The quantitative estimate of drug-likeness (QED) is 0.595. The molecule has 1 aromatic rings. The number of hydrogen-bond acceptors (Lipinski definition) is 7. The average Bonchev–Trinajstić information content (AvgIpc) is 2.95. The van der Waals surface area contributed by atoms with Crippen molar-refractivity contribution in [3.63, 3.8) is 0 Å². The second kappa shape index (κ2) is 8.52. The summed E-state index contributed by atoms with van der Waals surface area (Å²) in [5.41, 5.74) is 0.695. The summed E-state index contributed by atoms with van der Waals surface area (Å²) in [7, 11) is 0. The van der Waals surface area contributed by atoms with E-state index in [4.69, 9.17) is 0 Å². The van der Waals surface area contributed by atoms with Gasteiger partial charge in [-0.1, -0.05) is 12.8 Å². The smallest absolute Gasteiger partial charge is 0.225 e. The average molecular weight is 387 g/mol. The zero-order valence-electron chi connectivity index (χ0n) is 15.5.